The van der Waals surface area contributed by atoms with Crippen molar-refractivity contribution in [3.8, 4) is 0 Å². The number of carbonyl (C=O) groups is 1. The molecule has 0 saturated carbocycles. The maximum Gasteiger partial charge on any atom is 0.267 e. The number of rotatable bonds is 6. The molecule has 9 heteroatoms. The van der Waals surface area contributed by atoms with Gasteiger partial charge in [-0.25, -0.2) is 4.98 Å². The summed E-state index contributed by atoms with van der Waals surface area (Å²) in [6.45, 7) is 11.4. The number of amides is 1. The smallest absolute Gasteiger partial charge is 0.267 e. The molecule has 0 radical (unpaired) electrons. The van der Waals surface area contributed by atoms with E-state index < -0.39 is 0 Å². The minimum absolute atomic E-state index is 0.125. The molecule has 1 amide bonds. The average molecular weight is 472 g/mol. The lowest BCUT2D eigenvalue weighted by molar-refractivity contribution is -0.122. The van der Waals surface area contributed by atoms with Gasteiger partial charge in [-0.1, -0.05) is 50.8 Å². The Balaban J connectivity index is 1.74. The highest BCUT2D eigenvalue weighted by Gasteiger charge is 2.33. The summed E-state index contributed by atoms with van der Waals surface area (Å²) in [5.41, 5.74) is 0.881. The number of hydrogen-bond donors (Lipinski definition) is 0. The topological polar surface area (TPSA) is 61.2 Å². The number of anilines is 1. The molecule has 0 aromatic carbocycles. The molecule has 2 fully saturated rings. The Bertz CT molecular complexity index is 1120. The van der Waals surface area contributed by atoms with Crippen molar-refractivity contribution >= 4 is 51.7 Å². The summed E-state index contributed by atoms with van der Waals surface area (Å²) in [5.74, 6) is 0.996. The molecular weight excluding hydrogens is 442 g/mol. The molecular formula is C23H29N5O2S2. The number of hydrogen-bond acceptors (Lipinski definition) is 7. The number of nitrogens with zero attached hydrogens (tertiary/aromatic N) is 5. The van der Waals surface area contributed by atoms with Crippen molar-refractivity contribution in [3.63, 3.8) is 0 Å². The number of piperazine rings is 1. The van der Waals surface area contributed by atoms with E-state index in [1.807, 2.05) is 18.2 Å². The Labute approximate surface area is 198 Å². The van der Waals surface area contributed by atoms with Gasteiger partial charge >= 0.3 is 0 Å². The van der Waals surface area contributed by atoms with E-state index in [4.69, 9.17) is 17.2 Å². The highest BCUT2D eigenvalue weighted by atomic mass is 32.2. The van der Waals surface area contributed by atoms with E-state index in [-0.39, 0.29) is 11.5 Å². The van der Waals surface area contributed by atoms with Crippen molar-refractivity contribution in [2.45, 2.75) is 27.2 Å². The molecule has 0 aliphatic carbocycles. The van der Waals surface area contributed by atoms with Gasteiger partial charge in [-0.3, -0.25) is 18.9 Å². The van der Waals surface area contributed by atoms with Crippen LogP contribution in [0.25, 0.3) is 11.7 Å². The molecule has 7 nitrogen and oxygen atoms in total. The van der Waals surface area contributed by atoms with Crippen molar-refractivity contribution in [1.82, 2.24) is 19.2 Å². The number of likely N-dealkylation sites (N-methyl/N-ethyl adjacent to an activating group) is 1. The molecule has 4 rings (SSSR count). The quantitative estimate of drug-likeness (QED) is 0.474. The van der Waals surface area contributed by atoms with Gasteiger partial charge in [0.05, 0.1) is 10.5 Å². The second-order valence-corrected chi connectivity index (χ2v) is 10.2. The first-order valence-corrected chi connectivity index (χ1v) is 12.4. The van der Waals surface area contributed by atoms with E-state index in [0.29, 0.717) is 38.7 Å². The molecule has 2 aromatic rings. The predicted molar refractivity (Wildman–Crippen MR) is 135 cm³/mol. The van der Waals surface area contributed by atoms with Gasteiger partial charge in [-0.15, -0.1) is 0 Å². The molecule has 0 bridgehead atoms. The molecule has 4 heterocycles. The first kappa shape index (κ1) is 22.9. The van der Waals surface area contributed by atoms with E-state index >= 15 is 0 Å². The Morgan fingerprint density at radius 3 is 2.62 bits per heavy atom. The van der Waals surface area contributed by atoms with Gasteiger partial charge in [0, 0.05) is 38.9 Å². The van der Waals surface area contributed by atoms with Crippen LogP contribution in [0.3, 0.4) is 0 Å². The molecule has 2 saturated heterocycles. The first-order valence-electron chi connectivity index (χ1n) is 11.1. The number of aromatic nitrogens is 2. The van der Waals surface area contributed by atoms with Crippen LogP contribution in [0.15, 0.2) is 34.1 Å². The summed E-state index contributed by atoms with van der Waals surface area (Å²) in [5, 5.41) is 0. The zero-order chi connectivity index (χ0) is 22.8. The fourth-order valence-electron chi connectivity index (χ4n) is 3.95. The highest BCUT2D eigenvalue weighted by Crippen LogP contribution is 2.34. The van der Waals surface area contributed by atoms with Crippen molar-refractivity contribution in [2.24, 2.45) is 5.92 Å². The standard InChI is InChI=1S/C23H29N5O2S2/c1-4-25-11-13-26(14-12-25)20-17(21(29)27-9-6-5-7-19(27)24-20)15-18-22(30)28(23(31)32-18)10-8-16(2)3/h5-7,9,15-16H,4,8,10-14H2,1-3H3/b18-15-. The van der Waals surface area contributed by atoms with Crippen LogP contribution < -0.4 is 10.5 Å². The van der Waals surface area contributed by atoms with Crippen LogP contribution >= 0.6 is 24.0 Å². The van der Waals surface area contributed by atoms with Crippen LogP contribution in [0.2, 0.25) is 0 Å². The third kappa shape index (κ3) is 4.60. The van der Waals surface area contributed by atoms with E-state index in [1.165, 1.54) is 16.2 Å². The Morgan fingerprint density at radius 2 is 1.94 bits per heavy atom. The monoisotopic (exact) mass is 471 g/mol. The molecule has 32 heavy (non-hydrogen) atoms. The van der Waals surface area contributed by atoms with Crippen LogP contribution in [-0.4, -0.2) is 68.7 Å². The number of fused-ring (bicyclic) bond motifs is 1. The normalized spacial score (nSPS) is 19.2. The second-order valence-electron chi connectivity index (χ2n) is 8.52. The fourth-order valence-corrected chi connectivity index (χ4v) is 5.24. The number of pyridine rings is 1. The van der Waals surface area contributed by atoms with E-state index in [1.54, 1.807) is 17.2 Å². The Hall–Kier alpha value is -2.23. The molecule has 2 aromatic heterocycles. The molecule has 170 valence electrons. The third-order valence-electron chi connectivity index (χ3n) is 5.95. The molecule has 0 spiro atoms. The lowest BCUT2D eigenvalue weighted by Crippen LogP contribution is -2.47. The summed E-state index contributed by atoms with van der Waals surface area (Å²) in [6.07, 6.45) is 4.30. The summed E-state index contributed by atoms with van der Waals surface area (Å²) in [6, 6.07) is 5.52. The van der Waals surface area contributed by atoms with E-state index in [0.717, 1.165) is 39.1 Å². The van der Waals surface area contributed by atoms with Crippen molar-refractivity contribution < 1.29 is 4.79 Å². The largest absolute Gasteiger partial charge is 0.353 e. The van der Waals surface area contributed by atoms with E-state index in [2.05, 4.69) is 30.6 Å². The third-order valence-corrected chi connectivity index (χ3v) is 7.32. The molecule has 0 atom stereocenters. The Morgan fingerprint density at radius 1 is 1.19 bits per heavy atom. The summed E-state index contributed by atoms with van der Waals surface area (Å²) < 4.78 is 2.09. The van der Waals surface area contributed by atoms with Crippen LogP contribution in [0, 0.1) is 5.92 Å². The van der Waals surface area contributed by atoms with Gasteiger partial charge in [-0.05, 0) is 37.1 Å². The summed E-state index contributed by atoms with van der Waals surface area (Å²) in [7, 11) is 0. The first-order chi connectivity index (χ1) is 15.4. The van der Waals surface area contributed by atoms with Gasteiger partial charge < -0.3 is 9.80 Å². The lowest BCUT2D eigenvalue weighted by Gasteiger charge is -2.35. The minimum atomic E-state index is -0.170. The minimum Gasteiger partial charge on any atom is -0.353 e. The number of thioether (sulfide) groups is 1. The predicted octanol–water partition coefficient (Wildman–Crippen LogP) is 3.08. The second kappa shape index (κ2) is 9.72. The lowest BCUT2D eigenvalue weighted by atomic mass is 10.1. The van der Waals surface area contributed by atoms with Gasteiger partial charge in [0.2, 0.25) is 0 Å². The molecule has 2 aliphatic rings. The summed E-state index contributed by atoms with van der Waals surface area (Å²) >= 11 is 6.74. The SMILES string of the molecule is CCN1CCN(c2nc3ccccn3c(=O)c2/C=C2\SC(=S)N(CCC(C)C)C2=O)CC1. The Kier molecular flexibility index (Phi) is 6.97. The molecule has 0 unspecified atom stereocenters. The van der Waals surface area contributed by atoms with E-state index in [9.17, 15) is 9.59 Å². The van der Waals surface area contributed by atoms with Crippen LogP contribution in [0.4, 0.5) is 5.82 Å². The maximum atomic E-state index is 13.5. The van der Waals surface area contributed by atoms with Gasteiger partial charge in [0.15, 0.2) is 0 Å². The summed E-state index contributed by atoms with van der Waals surface area (Å²) in [4.78, 5) is 38.0. The molecule has 0 N–H and O–H groups in total. The zero-order valence-corrected chi connectivity index (χ0v) is 20.4. The number of thiocarbonyl (C=S) groups is 1. The molecule has 2 aliphatic heterocycles. The van der Waals surface area contributed by atoms with Crippen molar-refractivity contribution in [1.29, 1.82) is 0 Å². The maximum absolute atomic E-state index is 13.5. The van der Waals surface area contributed by atoms with Gasteiger partial charge in [0.25, 0.3) is 11.5 Å². The van der Waals surface area contributed by atoms with Gasteiger partial charge in [0.1, 0.15) is 15.8 Å². The van der Waals surface area contributed by atoms with Crippen molar-refractivity contribution in [3.05, 3.63) is 45.2 Å². The highest BCUT2D eigenvalue weighted by molar-refractivity contribution is 8.26. The average Bonchev–Trinajstić information content (AvgIpc) is 3.06. The van der Waals surface area contributed by atoms with Gasteiger partial charge in [-0.2, -0.15) is 0 Å². The zero-order valence-electron chi connectivity index (χ0n) is 18.8. The van der Waals surface area contributed by atoms with Crippen molar-refractivity contribution in [2.75, 3.05) is 44.2 Å². The fraction of sp³-hybridized carbons (Fsp3) is 0.478. The number of carbonyl (C=O) groups excluding carboxylic acids is 1. The van der Waals surface area contributed by atoms with Crippen LogP contribution in [-0.2, 0) is 4.79 Å². The van der Waals surface area contributed by atoms with Crippen LogP contribution in [0.1, 0.15) is 32.8 Å². The van der Waals surface area contributed by atoms with Crippen LogP contribution in [0.5, 0.6) is 0 Å².